The Hall–Kier alpha value is -3.15. The first-order valence-corrected chi connectivity index (χ1v) is 7.09. The predicted molar refractivity (Wildman–Crippen MR) is 81.4 cm³/mol. The molecule has 2 amide bonds. The Bertz CT molecular complexity index is 758. The molecule has 2 N–H and O–H groups in total. The SMILES string of the molecule is O=C(NNC(=O)C1Cc2ccccc2C(=O)O1)c1ccccc1. The number of hydrazine groups is 1. The number of fused-ring (bicyclic) bond motifs is 1. The van der Waals surface area contributed by atoms with Gasteiger partial charge in [-0.3, -0.25) is 20.4 Å². The minimum absolute atomic E-state index is 0.273. The second-order valence-electron chi connectivity index (χ2n) is 5.06. The Labute approximate surface area is 132 Å². The molecule has 1 unspecified atom stereocenters. The lowest BCUT2D eigenvalue weighted by Gasteiger charge is -2.23. The summed E-state index contributed by atoms with van der Waals surface area (Å²) >= 11 is 0. The van der Waals surface area contributed by atoms with Crippen molar-refractivity contribution in [1.29, 1.82) is 0 Å². The standard InChI is InChI=1S/C17H14N2O4/c20-15(11-6-2-1-3-7-11)18-19-16(21)14-10-12-8-4-5-9-13(12)17(22)23-14/h1-9,14H,10H2,(H,18,20)(H,19,21). The average Bonchev–Trinajstić information content (AvgIpc) is 2.60. The predicted octanol–water partition coefficient (Wildman–Crippen LogP) is 1.23. The van der Waals surface area contributed by atoms with Crippen molar-refractivity contribution in [3.05, 3.63) is 71.3 Å². The van der Waals surface area contributed by atoms with E-state index in [0.29, 0.717) is 11.1 Å². The van der Waals surface area contributed by atoms with Crippen LogP contribution in [0.25, 0.3) is 0 Å². The first-order valence-electron chi connectivity index (χ1n) is 7.09. The third kappa shape index (κ3) is 3.21. The minimum Gasteiger partial charge on any atom is -0.448 e. The number of rotatable bonds is 2. The highest BCUT2D eigenvalue weighted by Crippen LogP contribution is 2.20. The highest BCUT2D eigenvalue weighted by molar-refractivity contribution is 5.98. The molecule has 2 aromatic carbocycles. The zero-order valence-electron chi connectivity index (χ0n) is 12.1. The normalized spacial score (nSPS) is 16.0. The summed E-state index contributed by atoms with van der Waals surface area (Å²) < 4.78 is 5.11. The topological polar surface area (TPSA) is 84.5 Å². The number of benzene rings is 2. The molecule has 0 radical (unpaired) electrons. The number of carbonyl (C=O) groups is 3. The molecular weight excluding hydrogens is 296 g/mol. The summed E-state index contributed by atoms with van der Waals surface area (Å²) in [6, 6.07) is 15.4. The molecule has 0 fully saturated rings. The number of hydrogen-bond acceptors (Lipinski definition) is 4. The van der Waals surface area contributed by atoms with E-state index in [9.17, 15) is 14.4 Å². The summed E-state index contributed by atoms with van der Waals surface area (Å²) in [5.41, 5.74) is 6.22. The summed E-state index contributed by atoms with van der Waals surface area (Å²) in [6.07, 6.45) is -0.692. The van der Waals surface area contributed by atoms with Gasteiger partial charge in [0.25, 0.3) is 11.8 Å². The molecule has 1 atom stereocenters. The van der Waals surface area contributed by atoms with E-state index in [4.69, 9.17) is 4.74 Å². The zero-order valence-corrected chi connectivity index (χ0v) is 12.1. The molecule has 1 aliphatic heterocycles. The fourth-order valence-electron chi connectivity index (χ4n) is 2.34. The van der Waals surface area contributed by atoms with Crippen molar-refractivity contribution in [3.63, 3.8) is 0 Å². The van der Waals surface area contributed by atoms with E-state index in [1.54, 1.807) is 54.6 Å². The second kappa shape index (κ2) is 6.31. The Kier molecular flexibility index (Phi) is 4.05. The molecule has 6 heteroatoms. The fraction of sp³-hybridized carbons (Fsp3) is 0.118. The Morgan fingerprint density at radius 1 is 0.957 bits per heavy atom. The number of carbonyl (C=O) groups excluding carboxylic acids is 3. The Balaban J connectivity index is 1.62. The number of cyclic esters (lactones) is 1. The molecular formula is C17H14N2O4. The van der Waals surface area contributed by atoms with Crippen molar-refractivity contribution in [2.75, 3.05) is 0 Å². The van der Waals surface area contributed by atoms with Crippen LogP contribution in [0.3, 0.4) is 0 Å². The van der Waals surface area contributed by atoms with Crippen LogP contribution in [-0.4, -0.2) is 23.9 Å². The summed E-state index contributed by atoms with van der Waals surface area (Å²) in [4.78, 5) is 35.8. The van der Waals surface area contributed by atoms with Gasteiger partial charge in [0.05, 0.1) is 5.56 Å². The molecule has 0 saturated heterocycles. The maximum Gasteiger partial charge on any atom is 0.339 e. The zero-order chi connectivity index (χ0) is 16.2. The van der Waals surface area contributed by atoms with Crippen LogP contribution in [0.15, 0.2) is 54.6 Å². The van der Waals surface area contributed by atoms with Crippen LogP contribution in [0.2, 0.25) is 0 Å². The number of esters is 1. The lowest BCUT2D eigenvalue weighted by atomic mass is 9.98. The smallest absolute Gasteiger partial charge is 0.339 e. The molecule has 116 valence electrons. The van der Waals surface area contributed by atoms with Gasteiger partial charge in [-0.1, -0.05) is 36.4 Å². The van der Waals surface area contributed by atoms with Crippen molar-refractivity contribution in [3.8, 4) is 0 Å². The molecule has 6 nitrogen and oxygen atoms in total. The van der Waals surface area contributed by atoms with Crippen molar-refractivity contribution in [2.24, 2.45) is 0 Å². The summed E-state index contributed by atoms with van der Waals surface area (Å²) in [6.45, 7) is 0. The molecule has 1 aliphatic rings. The number of amides is 2. The molecule has 3 rings (SSSR count). The van der Waals surface area contributed by atoms with Crippen LogP contribution in [-0.2, 0) is 16.0 Å². The van der Waals surface area contributed by atoms with Crippen molar-refractivity contribution < 1.29 is 19.1 Å². The van der Waals surface area contributed by atoms with Gasteiger partial charge < -0.3 is 4.74 Å². The average molecular weight is 310 g/mol. The van der Waals surface area contributed by atoms with Crippen molar-refractivity contribution >= 4 is 17.8 Å². The first-order chi connectivity index (χ1) is 11.1. The van der Waals surface area contributed by atoms with E-state index in [0.717, 1.165) is 5.56 Å². The molecule has 0 spiro atoms. The number of nitrogens with one attached hydrogen (secondary N) is 2. The van der Waals surface area contributed by atoms with Crippen LogP contribution < -0.4 is 10.9 Å². The largest absolute Gasteiger partial charge is 0.448 e. The van der Waals surface area contributed by atoms with Gasteiger partial charge in [0, 0.05) is 12.0 Å². The Morgan fingerprint density at radius 2 is 1.65 bits per heavy atom. The third-order valence-corrected chi connectivity index (χ3v) is 3.52. The second-order valence-corrected chi connectivity index (χ2v) is 5.06. The summed E-state index contributed by atoms with van der Waals surface area (Å²) in [5, 5.41) is 0. The van der Waals surface area contributed by atoms with Crippen LogP contribution in [0.5, 0.6) is 0 Å². The van der Waals surface area contributed by atoms with Gasteiger partial charge in [-0.05, 0) is 23.8 Å². The van der Waals surface area contributed by atoms with Gasteiger partial charge in [-0.2, -0.15) is 0 Å². The molecule has 0 aliphatic carbocycles. The Morgan fingerprint density at radius 3 is 2.43 bits per heavy atom. The molecule has 0 aromatic heterocycles. The first kappa shape index (κ1) is 14.8. The van der Waals surface area contributed by atoms with Crippen LogP contribution >= 0.6 is 0 Å². The maximum absolute atomic E-state index is 12.1. The lowest BCUT2D eigenvalue weighted by molar-refractivity contribution is -0.131. The lowest BCUT2D eigenvalue weighted by Crippen LogP contribution is -2.49. The quantitative estimate of drug-likeness (QED) is 0.645. The molecule has 0 bridgehead atoms. The van der Waals surface area contributed by atoms with E-state index in [1.807, 2.05) is 0 Å². The van der Waals surface area contributed by atoms with Crippen LogP contribution in [0.4, 0.5) is 0 Å². The van der Waals surface area contributed by atoms with Gasteiger partial charge in [0.15, 0.2) is 6.10 Å². The van der Waals surface area contributed by atoms with E-state index < -0.39 is 23.9 Å². The highest BCUT2D eigenvalue weighted by atomic mass is 16.5. The molecule has 0 saturated carbocycles. The van der Waals surface area contributed by atoms with E-state index in [1.165, 1.54) is 0 Å². The van der Waals surface area contributed by atoms with Crippen molar-refractivity contribution in [2.45, 2.75) is 12.5 Å². The maximum atomic E-state index is 12.1. The van der Waals surface area contributed by atoms with Gasteiger partial charge in [0.1, 0.15) is 0 Å². The van der Waals surface area contributed by atoms with Crippen molar-refractivity contribution in [1.82, 2.24) is 10.9 Å². The van der Waals surface area contributed by atoms with E-state index in [-0.39, 0.29) is 6.42 Å². The van der Waals surface area contributed by atoms with Gasteiger partial charge in [-0.25, -0.2) is 4.79 Å². The summed E-state index contributed by atoms with van der Waals surface area (Å²) in [7, 11) is 0. The van der Waals surface area contributed by atoms with E-state index in [2.05, 4.69) is 10.9 Å². The number of ether oxygens (including phenoxy) is 1. The van der Waals surface area contributed by atoms with Gasteiger partial charge in [0.2, 0.25) is 0 Å². The molecule has 1 heterocycles. The molecule has 23 heavy (non-hydrogen) atoms. The summed E-state index contributed by atoms with van der Waals surface area (Å²) in [5.74, 6) is -1.56. The monoisotopic (exact) mass is 310 g/mol. The van der Waals surface area contributed by atoms with Crippen LogP contribution in [0.1, 0.15) is 26.3 Å². The number of hydrogen-bond donors (Lipinski definition) is 2. The van der Waals surface area contributed by atoms with E-state index >= 15 is 0 Å². The minimum atomic E-state index is -0.964. The van der Waals surface area contributed by atoms with Crippen LogP contribution in [0, 0.1) is 0 Å². The fourth-order valence-corrected chi connectivity index (χ4v) is 2.34. The molecule has 2 aromatic rings. The van der Waals surface area contributed by atoms with Gasteiger partial charge >= 0.3 is 5.97 Å². The highest BCUT2D eigenvalue weighted by Gasteiger charge is 2.31. The third-order valence-electron chi connectivity index (χ3n) is 3.52. The van der Waals surface area contributed by atoms with Gasteiger partial charge in [-0.15, -0.1) is 0 Å².